The number of carbonyl (C=O) groups excluding carboxylic acids is 1. The third-order valence-corrected chi connectivity index (χ3v) is 3.67. The minimum atomic E-state index is -0.328. The molecule has 1 aliphatic rings. The summed E-state index contributed by atoms with van der Waals surface area (Å²) in [5.41, 5.74) is 2.19. The number of nitrogens with zero attached hydrogens (tertiary/aromatic N) is 1. The predicted octanol–water partition coefficient (Wildman–Crippen LogP) is 3.13. The molecule has 1 aromatic heterocycles. The molecule has 1 fully saturated rings. The molecule has 0 spiro atoms. The fourth-order valence-electron chi connectivity index (χ4n) is 2.48. The summed E-state index contributed by atoms with van der Waals surface area (Å²) in [7, 11) is 0. The van der Waals surface area contributed by atoms with Crippen LogP contribution >= 0.6 is 0 Å². The van der Waals surface area contributed by atoms with Gasteiger partial charge < -0.3 is 9.47 Å². The highest BCUT2D eigenvalue weighted by molar-refractivity contribution is 5.92. The minimum Gasteiger partial charge on any atom is -0.474 e. The second-order valence-corrected chi connectivity index (χ2v) is 5.46. The van der Waals surface area contributed by atoms with Gasteiger partial charge in [-0.15, -0.1) is 0 Å². The molecule has 0 unspecified atom stereocenters. The lowest BCUT2D eigenvalue weighted by Crippen LogP contribution is -2.21. The van der Waals surface area contributed by atoms with Gasteiger partial charge in [0.2, 0.25) is 5.90 Å². The monoisotopic (exact) mass is 290 g/mol. The van der Waals surface area contributed by atoms with E-state index >= 15 is 0 Å². The van der Waals surface area contributed by atoms with Crippen molar-refractivity contribution in [3.8, 4) is 0 Å². The van der Waals surface area contributed by atoms with Crippen LogP contribution in [0.3, 0.4) is 0 Å². The van der Waals surface area contributed by atoms with Crippen LogP contribution in [0, 0.1) is 12.3 Å². The summed E-state index contributed by atoms with van der Waals surface area (Å²) in [5, 5.41) is 8.15. The van der Waals surface area contributed by atoms with Crippen molar-refractivity contribution in [1.29, 1.82) is 5.41 Å². The van der Waals surface area contributed by atoms with Gasteiger partial charge in [0.1, 0.15) is 12.7 Å². The normalized spacial score (nSPS) is 15.5. The molecule has 1 aliphatic carbocycles. The van der Waals surface area contributed by atoms with Crippen molar-refractivity contribution in [3.05, 3.63) is 29.1 Å². The second-order valence-electron chi connectivity index (χ2n) is 5.46. The van der Waals surface area contributed by atoms with Gasteiger partial charge in [-0.2, -0.15) is 0 Å². The number of rotatable bonds is 4. The van der Waals surface area contributed by atoms with E-state index in [-0.39, 0.29) is 24.6 Å². The molecule has 1 N–H and O–H groups in total. The van der Waals surface area contributed by atoms with E-state index in [0.717, 1.165) is 24.1 Å². The van der Waals surface area contributed by atoms with Gasteiger partial charge in [0.15, 0.2) is 0 Å². The molecule has 0 atom stereocenters. The van der Waals surface area contributed by atoms with E-state index in [4.69, 9.17) is 14.9 Å². The molecule has 0 bridgehead atoms. The average molecular weight is 290 g/mol. The Morgan fingerprint density at radius 2 is 2.10 bits per heavy atom. The van der Waals surface area contributed by atoms with Gasteiger partial charge in [-0.05, 0) is 38.7 Å². The van der Waals surface area contributed by atoms with E-state index < -0.39 is 0 Å². The molecular formula is C16H22N2O3. The Balaban J connectivity index is 2.04. The molecule has 0 aromatic carbocycles. The van der Waals surface area contributed by atoms with E-state index in [1.54, 1.807) is 6.20 Å². The largest absolute Gasteiger partial charge is 0.474 e. The van der Waals surface area contributed by atoms with Gasteiger partial charge in [0.25, 0.3) is 0 Å². The van der Waals surface area contributed by atoms with Crippen molar-refractivity contribution < 1.29 is 14.3 Å². The summed E-state index contributed by atoms with van der Waals surface area (Å²) in [6.07, 6.45) is 7.43. The third-order valence-electron chi connectivity index (χ3n) is 3.67. The van der Waals surface area contributed by atoms with Crippen LogP contribution in [0.25, 0.3) is 0 Å². The van der Waals surface area contributed by atoms with Crippen LogP contribution in [-0.2, 0) is 20.9 Å². The van der Waals surface area contributed by atoms with Crippen LogP contribution in [-0.4, -0.2) is 23.0 Å². The van der Waals surface area contributed by atoms with Crippen molar-refractivity contribution >= 4 is 11.9 Å². The second kappa shape index (κ2) is 7.20. The first-order valence-corrected chi connectivity index (χ1v) is 7.40. The first kappa shape index (κ1) is 15.5. The highest BCUT2D eigenvalue weighted by atomic mass is 16.5. The van der Waals surface area contributed by atoms with Gasteiger partial charge in [-0.1, -0.05) is 6.42 Å². The van der Waals surface area contributed by atoms with Crippen molar-refractivity contribution in [1.82, 2.24) is 4.98 Å². The standard InChI is InChI=1S/C16H22N2O3/c1-11-15(8-13(9-18-11)10-20-12(2)19)16(17)21-14-6-4-3-5-7-14/h8-9,14,17H,3-7,10H2,1-2H3. The lowest BCUT2D eigenvalue weighted by Gasteiger charge is -2.23. The van der Waals surface area contributed by atoms with Gasteiger partial charge in [-0.25, -0.2) is 0 Å². The Bertz CT molecular complexity index is 522. The molecule has 114 valence electrons. The van der Waals surface area contributed by atoms with Crippen molar-refractivity contribution in [2.75, 3.05) is 0 Å². The zero-order valence-electron chi connectivity index (χ0n) is 12.6. The lowest BCUT2D eigenvalue weighted by molar-refractivity contribution is -0.142. The maximum atomic E-state index is 10.9. The zero-order valence-corrected chi connectivity index (χ0v) is 12.6. The van der Waals surface area contributed by atoms with Crippen LogP contribution < -0.4 is 0 Å². The Kier molecular flexibility index (Phi) is 5.31. The maximum absolute atomic E-state index is 10.9. The topological polar surface area (TPSA) is 72.3 Å². The zero-order chi connectivity index (χ0) is 15.2. The van der Waals surface area contributed by atoms with Crippen molar-refractivity contribution in [3.63, 3.8) is 0 Å². The number of hydrogen-bond donors (Lipinski definition) is 1. The molecule has 0 saturated heterocycles. The molecule has 5 heteroatoms. The number of aromatic nitrogens is 1. The Morgan fingerprint density at radius 1 is 1.38 bits per heavy atom. The number of pyridine rings is 1. The summed E-state index contributed by atoms with van der Waals surface area (Å²) < 4.78 is 10.7. The van der Waals surface area contributed by atoms with Crippen LogP contribution in [0.1, 0.15) is 55.8 Å². The maximum Gasteiger partial charge on any atom is 0.302 e. The Morgan fingerprint density at radius 3 is 2.76 bits per heavy atom. The molecule has 21 heavy (non-hydrogen) atoms. The molecule has 0 amide bonds. The summed E-state index contributed by atoms with van der Waals surface area (Å²) in [6.45, 7) is 3.40. The lowest BCUT2D eigenvalue weighted by atomic mass is 9.98. The highest BCUT2D eigenvalue weighted by Crippen LogP contribution is 2.22. The number of esters is 1. The van der Waals surface area contributed by atoms with E-state index in [0.29, 0.717) is 5.56 Å². The average Bonchev–Trinajstić information content (AvgIpc) is 2.47. The van der Waals surface area contributed by atoms with Gasteiger partial charge >= 0.3 is 5.97 Å². The molecule has 2 rings (SSSR count). The fraction of sp³-hybridized carbons (Fsp3) is 0.562. The quantitative estimate of drug-likeness (QED) is 0.525. The Labute approximate surface area is 125 Å². The third kappa shape index (κ3) is 4.55. The highest BCUT2D eigenvalue weighted by Gasteiger charge is 2.18. The summed E-state index contributed by atoms with van der Waals surface area (Å²) in [4.78, 5) is 15.1. The number of hydrogen-bond acceptors (Lipinski definition) is 5. The van der Waals surface area contributed by atoms with E-state index in [9.17, 15) is 4.79 Å². The summed E-state index contributed by atoms with van der Waals surface area (Å²) >= 11 is 0. The number of nitrogens with one attached hydrogen (secondary N) is 1. The van der Waals surface area contributed by atoms with E-state index in [1.165, 1.54) is 26.2 Å². The number of ether oxygens (including phenoxy) is 2. The van der Waals surface area contributed by atoms with E-state index in [2.05, 4.69) is 4.98 Å². The molecular weight excluding hydrogens is 268 g/mol. The molecule has 0 aliphatic heterocycles. The molecule has 1 saturated carbocycles. The summed E-state index contributed by atoms with van der Waals surface area (Å²) in [6, 6.07) is 1.82. The van der Waals surface area contributed by atoms with Crippen molar-refractivity contribution in [2.45, 2.75) is 58.7 Å². The number of carbonyl (C=O) groups is 1. The van der Waals surface area contributed by atoms with Gasteiger partial charge in [-0.3, -0.25) is 15.2 Å². The van der Waals surface area contributed by atoms with Crippen LogP contribution in [0.2, 0.25) is 0 Å². The van der Waals surface area contributed by atoms with E-state index in [1.807, 2.05) is 13.0 Å². The predicted molar refractivity (Wildman–Crippen MR) is 79.2 cm³/mol. The van der Waals surface area contributed by atoms with Crippen LogP contribution in [0.5, 0.6) is 0 Å². The molecule has 1 heterocycles. The van der Waals surface area contributed by atoms with Crippen molar-refractivity contribution in [2.24, 2.45) is 0 Å². The summed E-state index contributed by atoms with van der Waals surface area (Å²) in [5.74, 6) is -0.165. The van der Waals surface area contributed by atoms with Gasteiger partial charge in [0.05, 0.1) is 5.56 Å². The van der Waals surface area contributed by atoms with Crippen LogP contribution in [0.4, 0.5) is 0 Å². The molecule has 5 nitrogen and oxygen atoms in total. The Hall–Kier alpha value is -1.91. The minimum absolute atomic E-state index is 0.141. The van der Waals surface area contributed by atoms with Gasteiger partial charge in [0, 0.05) is 24.4 Å². The number of aryl methyl sites for hydroxylation is 1. The fourth-order valence-corrected chi connectivity index (χ4v) is 2.48. The first-order chi connectivity index (χ1) is 10.1. The molecule has 0 radical (unpaired) electrons. The smallest absolute Gasteiger partial charge is 0.302 e. The molecule has 1 aromatic rings. The first-order valence-electron chi connectivity index (χ1n) is 7.40. The SMILES string of the molecule is CC(=O)OCc1cnc(C)c(C(=N)OC2CCCCC2)c1. The van der Waals surface area contributed by atoms with Crippen LogP contribution in [0.15, 0.2) is 12.3 Å².